The lowest BCUT2D eigenvalue weighted by Gasteiger charge is -2.19. The molecule has 0 saturated carbocycles. The number of amides is 2. The number of ether oxygens (including phenoxy) is 2. The maximum atomic E-state index is 12.5. The van der Waals surface area contributed by atoms with Gasteiger partial charge in [-0.05, 0) is 240 Å². The fourth-order valence-electron chi connectivity index (χ4n) is 14.8. The number of carbonyl (C=O) groups excluding carboxylic acids is 2. The molecule has 0 unspecified atom stereocenters. The SMILES string of the molecule is CC(C)(C)c1ccc(-c2ccc(C(F)(F)F)cc2)cc1.CC(C)(C)c1ccc(-c2ccc(NS(C)(=O)=O)cc2)cc1.CC(C)(C)c1ccc(-c2ccc(OC(F)(F)F)cc2)cc1.CC(C)(C)c1ccc(-c2cccc(OC(F)(F)F)c2)cc1.CN(C)C(=O)c1ccc(-c2ccc(C(C)(C)C)cc2)cc1.CN(C)C(=O)c1cccc(-c2ccc(C(C)(C)C)cc2)c1.CN(C)c1cccc(-c2ccc(C(C)(C)C)cc2)c1. The van der Waals surface area contributed by atoms with Crippen molar-refractivity contribution in [3.8, 4) is 89.4 Å². The molecule has 14 aromatic carbocycles. The van der Waals surface area contributed by atoms with Gasteiger partial charge in [-0.2, -0.15) is 13.2 Å². The van der Waals surface area contributed by atoms with Crippen molar-refractivity contribution in [2.24, 2.45) is 0 Å². The van der Waals surface area contributed by atoms with Gasteiger partial charge in [-0.1, -0.05) is 400 Å². The predicted octanol–water partition coefficient (Wildman–Crippen LogP) is 34.2. The van der Waals surface area contributed by atoms with E-state index in [-0.39, 0.29) is 61.2 Å². The van der Waals surface area contributed by atoms with Gasteiger partial charge in [0.15, 0.2) is 0 Å². The van der Waals surface area contributed by atoms with Crippen LogP contribution in [0.4, 0.5) is 50.9 Å². The third-order valence-corrected chi connectivity index (χ3v) is 24.2. The lowest BCUT2D eigenvalue weighted by molar-refractivity contribution is -0.275. The fraction of sp³-hybridized carbons (Fsp3) is 0.306. The van der Waals surface area contributed by atoms with Crippen molar-refractivity contribution in [3.63, 3.8) is 0 Å². The van der Waals surface area contributed by atoms with Gasteiger partial charge in [0.1, 0.15) is 11.5 Å². The Labute approximate surface area is 849 Å². The number of nitrogens with one attached hydrogen (secondary N) is 1. The van der Waals surface area contributed by atoms with E-state index in [1.807, 2.05) is 133 Å². The first kappa shape index (κ1) is 116. The lowest BCUT2D eigenvalue weighted by atomic mass is 9.86. The van der Waals surface area contributed by atoms with Crippen LogP contribution in [0.2, 0.25) is 0 Å². The summed E-state index contributed by atoms with van der Waals surface area (Å²) in [6.07, 6.45) is -12.5. The minimum Gasteiger partial charge on any atom is -0.406 e. The zero-order valence-corrected chi connectivity index (χ0v) is 89.2. The molecule has 2 amide bonds. The fourth-order valence-corrected chi connectivity index (χ4v) is 15.3. The van der Waals surface area contributed by atoms with Gasteiger partial charge >= 0.3 is 18.9 Å². The van der Waals surface area contributed by atoms with Crippen molar-refractivity contribution in [2.75, 3.05) is 58.2 Å². The van der Waals surface area contributed by atoms with E-state index in [4.69, 9.17) is 0 Å². The molecular formula is C124H141F9N4O6S. The molecule has 0 fully saturated rings. The molecule has 0 aliphatic carbocycles. The quantitative estimate of drug-likeness (QED) is 0.108. The molecule has 20 heteroatoms. The van der Waals surface area contributed by atoms with Gasteiger partial charge in [0.05, 0.1) is 11.8 Å². The van der Waals surface area contributed by atoms with E-state index < -0.39 is 34.5 Å². The smallest absolute Gasteiger partial charge is 0.406 e. The monoisotopic (exact) mass is 1990 g/mol. The molecule has 0 aromatic heterocycles. The number of nitrogens with zero attached hydrogens (tertiary/aromatic N) is 3. The van der Waals surface area contributed by atoms with E-state index in [0.29, 0.717) is 11.3 Å². The van der Waals surface area contributed by atoms with Crippen molar-refractivity contribution in [1.29, 1.82) is 0 Å². The average Bonchev–Trinajstić information content (AvgIpc) is 0.823. The van der Waals surface area contributed by atoms with Crippen molar-refractivity contribution >= 4 is 33.2 Å². The number of rotatable bonds is 14. The van der Waals surface area contributed by atoms with E-state index in [9.17, 15) is 57.5 Å². The Bertz CT molecular complexity index is 6500. The van der Waals surface area contributed by atoms with E-state index >= 15 is 0 Å². The van der Waals surface area contributed by atoms with Crippen LogP contribution in [0.1, 0.15) is 211 Å². The summed E-state index contributed by atoms with van der Waals surface area (Å²) in [7, 11) is 7.99. The van der Waals surface area contributed by atoms with Crippen LogP contribution >= 0.6 is 0 Å². The minimum absolute atomic E-state index is 0.0307. The van der Waals surface area contributed by atoms with Crippen LogP contribution in [0, 0.1) is 0 Å². The van der Waals surface area contributed by atoms with E-state index in [1.165, 1.54) is 97.7 Å². The zero-order chi connectivity index (χ0) is 107. The highest BCUT2D eigenvalue weighted by Crippen LogP contribution is 2.39. The van der Waals surface area contributed by atoms with Crippen LogP contribution in [0.25, 0.3) is 77.9 Å². The highest BCUT2D eigenvalue weighted by Gasteiger charge is 2.33. The number of hydrogen-bond acceptors (Lipinski definition) is 7. The molecule has 144 heavy (non-hydrogen) atoms. The Kier molecular flexibility index (Phi) is 38.8. The maximum absolute atomic E-state index is 12.5. The van der Waals surface area contributed by atoms with Crippen LogP contribution < -0.4 is 19.1 Å². The average molecular weight is 1990 g/mol. The molecule has 0 radical (unpaired) electrons. The van der Waals surface area contributed by atoms with Gasteiger partial charge in [-0.15, -0.1) is 26.3 Å². The molecule has 0 heterocycles. The summed E-state index contributed by atoms with van der Waals surface area (Å²) >= 11 is 0. The molecular weight excluding hydrogens is 1840 g/mol. The highest BCUT2D eigenvalue weighted by molar-refractivity contribution is 7.92. The van der Waals surface area contributed by atoms with Gasteiger partial charge in [-0.25, -0.2) is 8.42 Å². The molecule has 1 N–H and O–H groups in total. The van der Waals surface area contributed by atoms with Crippen molar-refractivity contribution in [1.82, 2.24) is 9.80 Å². The van der Waals surface area contributed by atoms with Gasteiger partial charge < -0.3 is 24.2 Å². The molecule has 10 nitrogen and oxygen atoms in total. The van der Waals surface area contributed by atoms with Crippen LogP contribution in [0.5, 0.6) is 11.5 Å². The van der Waals surface area contributed by atoms with Gasteiger partial charge in [-0.3, -0.25) is 14.3 Å². The topological polar surface area (TPSA) is 108 Å². The van der Waals surface area contributed by atoms with Crippen molar-refractivity contribution in [2.45, 2.75) is 202 Å². The van der Waals surface area contributed by atoms with E-state index in [2.05, 4.69) is 300 Å². The summed E-state index contributed by atoms with van der Waals surface area (Å²) in [6, 6.07) is 107. The number of anilines is 2. The Hall–Kier alpha value is -13.5. The summed E-state index contributed by atoms with van der Waals surface area (Å²) in [4.78, 5) is 29.2. The predicted molar refractivity (Wildman–Crippen MR) is 581 cm³/mol. The molecule has 14 aromatic rings. The highest BCUT2D eigenvalue weighted by atomic mass is 32.2. The maximum Gasteiger partial charge on any atom is 0.573 e. The standard InChI is InChI=1S/2C19H23NO.C18H23N.2C17H17F3O.C17H17F3.C17H21NO2S/c1-19(2,3)17-12-10-15(11-13-17)14-6-8-16(9-7-14)18(21)20(4)5;1-19(2,3)17-11-9-14(10-12-17)15-7-6-8-16(13-15)18(21)20(4)5;1-18(2,3)16-11-9-14(10-12-16)15-7-6-8-17(13-15)19(4)5;1-16(2,3)14-8-4-12(5-9-14)13-6-10-15(11-7-13)21-17(18,19)20;1-16(2,3)14-9-7-12(8-10-14)13-5-4-6-15(11-13)21-17(18,19)20;1-16(2,3)14-8-4-12(5-9-14)13-6-10-15(11-7-13)17(18,19)20;1-17(2,3)15-9-5-13(6-10-15)14-7-11-16(12-8-14)18-21(4,19)20/h2*6-13H,1-5H3;6-13H,1-5H3;2*4-11H,1-3H3;4-11H,1-3H3;5-12,18H,1-4H3. The Morgan fingerprint density at radius 2 is 0.465 bits per heavy atom. The zero-order valence-electron chi connectivity index (χ0n) is 88.4. The molecule has 0 saturated heterocycles. The van der Waals surface area contributed by atoms with Crippen LogP contribution in [0.3, 0.4) is 0 Å². The molecule has 0 bridgehead atoms. The first-order valence-corrected chi connectivity index (χ1v) is 49.6. The van der Waals surface area contributed by atoms with Gasteiger partial charge in [0, 0.05) is 64.8 Å². The Morgan fingerprint density at radius 1 is 0.243 bits per heavy atom. The second kappa shape index (κ2) is 48.3. The van der Waals surface area contributed by atoms with Crippen LogP contribution in [-0.4, -0.2) is 91.3 Å². The lowest BCUT2D eigenvalue weighted by Crippen LogP contribution is -2.21. The molecule has 0 aliphatic rings. The first-order valence-electron chi connectivity index (χ1n) is 47.7. The molecule has 0 atom stereocenters. The normalized spacial score (nSPS) is 11.9. The number of carbonyl (C=O) groups is 2. The van der Waals surface area contributed by atoms with Gasteiger partial charge in [0.25, 0.3) is 11.8 Å². The molecule has 0 spiro atoms. The molecule has 14 rings (SSSR count). The third-order valence-electron chi connectivity index (χ3n) is 23.6. The van der Waals surface area contributed by atoms with Crippen LogP contribution in [0.15, 0.2) is 340 Å². The number of halogens is 9. The summed E-state index contributed by atoms with van der Waals surface area (Å²) in [5.41, 5.74) is 26.7. The molecule has 0 aliphatic heterocycles. The number of sulfonamides is 1. The largest absolute Gasteiger partial charge is 0.573 e. The van der Waals surface area contributed by atoms with Crippen molar-refractivity contribution < 1.29 is 67.0 Å². The summed E-state index contributed by atoms with van der Waals surface area (Å²) in [5.74, 6) is -0.356. The minimum atomic E-state index is -4.67. The summed E-state index contributed by atoms with van der Waals surface area (Å²) in [6.45, 7) is 45.7. The second-order valence-electron chi connectivity index (χ2n) is 43.5. The summed E-state index contributed by atoms with van der Waals surface area (Å²) < 4.78 is 143. The Balaban J connectivity index is 0.000000205. The molecule has 762 valence electrons. The van der Waals surface area contributed by atoms with Crippen LogP contribution in [-0.2, 0) is 54.1 Å². The third kappa shape index (κ3) is 37.1. The second-order valence-corrected chi connectivity index (χ2v) is 45.2. The summed E-state index contributed by atoms with van der Waals surface area (Å²) in [5, 5.41) is 0. The number of alkyl halides is 9. The first-order chi connectivity index (χ1) is 66.6. The van der Waals surface area contributed by atoms with Crippen molar-refractivity contribution in [3.05, 3.63) is 395 Å². The number of benzene rings is 14. The Morgan fingerprint density at radius 3 is 0.722 bits per heavy atom. The van der Waals surface area contributed by atoms with E-state index in [0.717, 1.165) is 85.1 Å². The number of hydrogen-bond donors (Lipinski definition) is 1. The van der Waals surface area contributed by atoms with Gasteiger partial charge in [0.2, 0.25) is 10.0 Å². The van der Waals surface area contributed by atoms with E-state index in [1.54, 1.807) is 74.4 Å².